The Hall–Kier alpha value is -1.49. The van der Waals surface area contributed by atoms with Crippen molar-refractivity contribution >= 4 is 28.8 Å². The molecule has 0 unspecified atom stereocenters. The van der Waals surface area contributed by atoms with Gasteiger partial charge in [-0.15, -0.1) is 0 Å². The number of nitrogens with zero attached hydrogens (tertiary/aromatic N) is 1. The number of rotatable bonds is 5. The van der Waals surface area contributed by atoms with Gasteiger partial charge < -0.3 is 9.72 Å². The third-order valence-electron chi connectivity index (χ3n) is 2.60. The molecule has 1 N–H and O–H groups in total. The summed E-state index contributed by atoms with van der Waals surface area (Å²) in [6.45, 7) is 3.88. The zero-order valence-electron chi connectivity index (χ0n) is 10.5. The maximum absolute atomic E-state index is 11.5. The molecule has 0 spiro atoms. The minimum atomic E-state index is -0.199. The molecule has 0 saturated heterocycles. The highest BCUT2D eigenvalue weighted by Gasteiger charge is 2.10. The summed E-state index contributed by atoms with van der Waals surface area (Å²) in [6, 6.07) is 7.79. The Labute approximate surface area is 110 Å². The molecule has 5 heteroatoms. The summed E-state index contributed by atoms with van der Waals surface area (Å²) in [4.78, 5) is 19.1. The number of hydrogen-bond donors (Lipinski definition) is 1. The second kappa shape index (κ2) is 5.91. The van der Waals surface area contributed by atoms with Gasteiger partial charge in [0.1, 0.15) is 0 Å². The Kier molecular flexibility index (Phi) is 4.25. The maximum Gasteiger partial charge on any atom is 0.316 e. The summed E-state index contributed by atoms with van der Waals surface area (Å²) in [5, 5.41) is 0.748. The van der Waals surface area contributed by atoms with E-state index in [9.17, 15) is 4.79 Å². The van der Waals surface area contributed by atoms with Crippen LogP contribution < -0.4 is 0 Å². The van der Waals surface area contributed by atoms with E-state index < -0.39 is 0 Å². The molecule has 96 valence electrons. The summed E-state index contributed by atoms with van der Waals surface area (Å²) in [5.41, 5.74) is 1.89. The van der Waals surface area contributed by atoms with Gasteiger partial charge in [0.25, 0.3) is 0 Å². The SMILES string of the molecule is CC[C@H](C)OC(=O)CSc1nc2ccccc2[nH]1. The Balaban J connectivity index is 1.92. The zero-order chi connectivity index (χ0) is 13.0. The third-order valence-corrected chi connectivity index (χ3v) is 3.45. The van der Waals surface area contributed by atoms with Gasteiger partial charge in [0.15, 0.2) is 5.16 Å². The molecule has 1 aromatic heterocycles. The number of carbonyl (C=O) groups excluding carboxylic acids is 1. The average molecular weight is 264 g/mol. The summed E-state index contributed by atoms with van der Waals surface area (Å²) in [6.07, 6.45) is 0.815. The molecule has 2 rings (SSSR count). The van der Waals surface area contributed by atoms with E-state index >= 15 is 0 Å². The molecular formula is C13H16N2O2S. The molecule has 2 aromatic rings. The van der Waals surface area contributed by atoms with Crippen molar-refractivity contribution in [3.8, 4) is 0 Å². The Morgan fingerprint density at radius 1 is 1.50 bits per heavy atom. The third kappa shape index (κ3) is 3.26. The molecule has 1 aromatic carbocycles. The number of aromatic nitrogens is 2. The molecule has 0 aliphatic heterocycles. The predicted molar refractivity (Wildman–Crippen MR) is 72.7 cm³/mol. The molecule has 0 aliphatic rings. The smallest absolute Gasteiger partial charge is 0.316 e. The highest BCUT2D eigenvalue weighted by Crippen LogP contribution is 2.19. The number of thioether (sulfide) groups is 1. The van der Waals surface area contributed by atoms with Crippen LogP contribution >= 0.6 is 11.8 Å². The second-order valence-corrected chi connectivity index (χ2v) is 5.02. The lowest BCUT2D eigenvalue weighted by molar-refractivity contribution is -0.144. The molecule has 0 fully saturated rings. The monoisotopic (exact) mass is 264 g/mol. The minimum absolute atomic E-state index is 0.0197. The first kappa shape index (κ1) is 13.0. The minimum Gasteiger partial charge on any atom is -0.462 e. The molecule has 0 bridgehead atoms. The number of nitrogens with one attached hydrogen (secondary N) is 1. The number of benzene rings is 1. The maximum atomic E-state index is 11.5. The van der Waals surface area contributed by atoms with Crippen molar-refractivity contribution in [2.75, 3.05) is 5.75 Å². The molecule has 0 amide bonds. The fourth-order valence-electron chi connectivity index (χ4n) is 1.47. The fourth-order valence-corrected chi connectivity index (χ4v) is 2.13. The lowest BCUT2D eigenvalue weighted by Gasteiger charge is -2.09. The van der Waals surface area contributed by atoms with Gasteiger partial charge >= 0.3 is 5.97 Å². The van der Waals surface area contributed by atoms with Gasteiger partial charge in [-0.3, -0.25) is 4.79 Å². The number of fused-ring (bicyclic) bond motifs is 1. The van der Waals surface area contributed by atoms with Crippen molar-refractivity contribution in [1.82, 2.24) is 9.97 Å². The first-order valence-corrected chi connectivity index (χ1v) is 6.94. The number of H-pyrrole nitrogens is 1. The molecule has 4 nitrogen and oxygen atoms in total. The van der Waals surface area contributed by atoms with Gasteiger partial charge in [0.2, 0.25) is 0 Å². The molecule has 18 heavy (non-hydrogen) atoms. The number of imidazole rings is 1. The van der Waals surface area contributed by atoms with E-state index in [2.05, 4.69) is 9.97 Å². The van der Waals surface area contributed by atoms with E-state index in [-0.39, 0.29) is 17.8 Å². The number of aromatic amines is 1. The average Bonchev–Trinajstić information content (AvgIpc) is 2.79. The molecule has 1 heterocycles. The van der Waals surface area contributed by atoms with Gasteiger partial charge in [0, 0.05) is 0 Å². The van der Waals surface area contributed by atoms with Gasteiger partial charge in [-0.2, -0.15) is 0 Å². The summed E-state index contributed by atoms with van der Waals surface area (Å²) < 4.78 is 5.19. The van der Waals surface area contributed by atoms with Gasteiger partial charge in [-0.25, -0.2) is 4.98 Å². The molecule has 0 radical (unpaired) electrons. The molecule has 0 saturated carbocycles. The summed E-state index contributed by atoms with van der Waals surface area (Å²) in [7, 11) is 0. The van der Waals surface area contributed by atoms with E-state index in [4.69, 9.17) is 4.74 Å². The standard InChI is InChI=1S/C13H16N2O2S/c1-3-9(2)17-12(16)8-18-13-14-10-6-4-5-7-11(10)15-13/h4-7,9H,3,8H2,1-2H3,(H,14,15)/t9-/m0/s1. The van der Waals surface area contributed by atoms with Crippen LogP contribution in [0.4, 0.5) is 0 Å². The van der Waals surface area contributed by atoms with E-state index in [0.717, 1.165) is 22.6 Å². The van der Waals surface area contributed by atoms with Gasteiger partial charge in [-0.1, -0.05) is 30.8 Å². The van der Waals surface area contributed by atoms with E-state index in [1.54, 1.807) is 0 Å². The second-order valence-electron chi connectivity index (χ2n) is 4.06. The predicted octanol–water partition coefficient (Wildman–Crippen LogP) is 3.00. The van der Waals surface area contributed by atoms with Crippen LogP contribution in [0.15, 0.2) is 29.4 Å². The van der Waals surface area contributed by atoms with Gasteiger partial charge in [-0.05, 0) is 25.5 Å². The Morgan fingerprint density at radius 3 is 3.00 bits per heavy atom. The van der Waals surface area contributed by atoms with E-state index in [1.165, 1.54) is 11.8 Å². The number of para-hydroxylation sites is 2. The van der Waals surface area contributed by atoms with Crippen molar-refractivity contribution < 1.29 is 9.53 Å². The largest absolute Gasteiger partial charge is 0.462 e. The van der Waals surface area contributed by atoms with Crippen LogP contribution in [0.2, 0.25) is 0 Å². The van der Waals surface area contributed by atoms with Crippen LogP contribution in [-0.4, -0.2) is 27.8 Å². The van der Waals surface area contributed by atoms with Crippen LogP contribution in [0.5, 0.6) is 0 Å². The van der Waals surface area contributed by atoms with Crippen LogP contribution in [0.25, 0.3) is 11.0 Å². The van der Waals surface area contributed by atoms with Gasteiger partial charge in [0.05, 0.1) is 22.9 Å². The number of esters is 1. The topological polar surface area (TPSA) is 55.0 Å². The summed E-state index contributed by atoms with van der Waals surface area (Å²) >= 11 is 1.37. The lowest BCUT2D eigenvalue weighted by atomic mass is 10.3. The zero-order valence-corrected chi connectivity index (χ0v) is 11.3. The highest BCUT2D eigenvalue weighted by atomic mass is 32.2. The number of carbonyl (C=O) groups is 1. The first-order valence-electron chi connectivity index (χ1n) is 5.96. The molecular weight excluding hydrogens is 248 g/mol. The van der Waals surface area contributed by atoms with Crippen molar-refractivity contribution in [3.05, 3.63) is 24.3 Å². The quantitative estimate of drug-likeness (QED) is 0.666. The normalized spacial score (nSPS) is 12.6. The van der Waals surface area contributed by atoms with Crippen molar-refractivity contribution in [2.45, 2.75) is 31.5 Å². The van der Waals surface area contributed by atoms with Crippen molar-refractivity contribution in [2.24, 2.45) is 0 Å². The van der Waals surface area contributed by atoms with E-state index in [0.29, 0.717) is 0 Å². The van der Waals surface area contributed by atoms with Crippen LogP contribution in [0.3, 0.4) is 0 Å². The molecule has 1 atom stereocenters. The number of ether oxygens (including phenoxy) is 1. The number of hydrogen-bond acceptors (Lipinski definition) is 4. The Bertz CT molecular complexity index is 506. The first-order chi connectivity index (χ1) is 8.69. The van der Waals surface area contributed by atoms with Crippen LogP contribution in [0.1, 0.15) is 20.3 Å². The fraction of sp³-hybridized carbons (Fsp3) is 0.385. The van der Waals surface area contributed by atoms with E-state index in [1.807, 2.05) is 38.1 Å². The highest BCUT2D eigenvalue weighted by molar-refractivity contribution is 7.99. The van der Waals surface area contributed by atoms with Crippen molar-refractivity contribution in [1.29, 1.82) is 0 Å². The van der Waals surface area contributed by atoms with Crippen molar-refractivity contribution in [3.63, 3.8) is 0 Å². The lowest BCUT2D eigenvalue weighted by Crippen LogP contribution is -2.15. The summed E-state index contributed by atoms with van der Waals surface area (Å²) in [5.74, 6) is 0.0827. The molecule has 0 aliphatic carbocycles. The van der Waals surface area contributed by atoms with Crippen LogP contribution in [-0.2, 0) is 9.53 Å². The van der Waals surface area contributed by atoms with Crippen LogP contribution in [0, 0.1) is 0 Å². The Morgan fingerprint density at radius 2 is 2.28 bits per heavy atom.